The first-order valence-corrected chi connectivity index (χ1v) is 5.69. The van der Waals surface area contributed by atoms with E-state index in [2.05, 4.69) is 12.2 Å². The predicted octanol–water partition coefficient (Wildman–Crippen LogP) is 2.64. The van der Waals surface area contributed by atoms with Crippen molar-refractivity contribution in [2.45, 2.75) is 26.7 Å². The third-order valence-electron chi connectivity index (χ3n) is 2.78. The van der Waals surface area contributed by atoms with Crippen molar-refractivity contribution in [3.05, 3.63) is 12.2 Å². The second kappa shape index (κ2) is 7.02. The Bertz CT molecular complexity index is 150. The van der Waals surface area contributed by atoms with Gasteiger partial charge in [0.25, 0.3) is 0 Å². The van der Waals surface area contributed by atoms with E-state index in [1.807, 2.05) is 13.8 Å². The van der Waals surface area contributed by atoms with Gasteiger partial charge >= 0.3 is 0 Å². The van der Waals surface area contributed by atoms with Gasteiger partial charge in [-0.25, -0.2) is 0 Å². The lowest BCUT2D eigenvalue weighted by molar-refractivity contribution is 0.0252. The van der Waals surface area contributed by atoms with Crippen molar-refractivity contribution in [1.82, 2.24) is 0 Å². The molecule has 0 bridgehead atoms. The number of hydrogen-bond donors (Lipinski definition) is 0. The Kier molecular flexibility index (Phi) is 5.88. The van der Waals surface area contributed by atoms with E-state index in [4.69, 9.17) is 9.47 Å². The van der Waals surface area contributed by atoms with E-state index in [0.717, 1.165) is 32.3 Å². The van der Waals surface area contributed by atoms with E-state index in [0.29, 0.717) is 5.92 Å². The van der Waals surface area contributed by atoms with E-state index in [9.17, 15) is 0 Å². The van der Waals surface area contributed by atoms with Crippen LogP contribution in [0.5, 0.6) is 0 Å². The molecule has 0 aromatic rings. The fourth-order valence-electron chi connectivity index (χ4n) is 1.88. The number of allylic oxidation sites excluding steroid dienone is 2. The fraction of sp³-hybridized carbons (Fsp3) is 0.833. The SMILES string of the molecule is CCOCC(COCC)C1CC=CC1. The summed E-state index contributed by atoms with van der Waals surface area (Å²) in [5.74, 6) is 1.32. The van der Waals surface area contributed by atoms with Crippen LogP contribution >= 0.6 is 0 Å². The molecule has 0 unspecified atom stereocenters. The smallest absolute Gasteiger partial charge is 0.0519 e. The van der Waals surface area contributed by atoms with Gasteiger partial charge in [0, 0.05) is 19.1 Å². The lowest BCUT2D eigenvalue weighted by Crippen LogP contribution is -2.23. The largest absolute Gasteiger partial charge is 0.381 e. The molecule has 0 amide bonds. The molecule has 0 aliphatic heterocycles. The molecule has 0 radical (unpaired) electrons. The van der Waals surface area contributed by atoms with Gasteiger partial charge in [0.05, 0.1) is 13.2 Å². The first-order valence-electron chi connectivity index (χ1n) is 5.69. The van der Waals surface area contributed by atoms with Gasteiger partial charge in [0.1, 0.15) is 0 Å². The Balaban J connectivity index is 2.27. The summed E-state index contributed by atoms with van der Waals surface area (Å²) in [4.78, 5) is 0. The molecule has 0 N–H and O–H groups in total. The summed E-state index contributed by atoms with van der Waals surface area (Å²) in [6, 6.07) is 0. The minimum atomic E-state index is 0.574. The van der Waals surface area contributed by atoms with Gasteiger partial charge in [0.15, 0.2) is 0 Å². The highest BCUT2D eigenvalue weighted by molar-refractivity contribution is 4.96. The Morgan fingerprint density at radius 2 is 1.57 bits per heavy atom. The molecule has 0 saturated heterocycles. The minimum absolute atomic E-state index is 0.574. The molecule has 1 aliphatic rings. The summed E-state index contributed by atoms with van der Waals surface area (Å²) in [6.07, 6.45) is 6.95. The maximum Gasteiger partial charge on any atom is 0.0519 e. The molecule has 2 heteroatoms. The lowest BCUT2D eigenvalue weighted by Gasteiger charge is -2.22. The summed E-state index contributed by atoms with van der Waals surface area (Å²) in [5.41, 5.74) is 0. The van der Waals surface area contributed by atoms with Gasteiger partial charge in [-0.1, -0.05) is 12.2 Å². The maximum absolute atomic E-state index is 5.50. The number of ether oxygens (including phenoxy) is 2. The molecule has 1 aliphatic carbocycles. The van der Waals surface area contributed by atoms with Crippen LogP contribution in [0.25, 0.3) is 0 Å². The Hall–Kier alpha value is -0.340. The molecule has 0 saturated carbocycles. The predicted molar refractivity (Wildman–Crippen MR) is 58.3 cm³/mol. The highest BCUT2D eigenvalue weighted by atomic mass is 16.5. The molecule has 14 heavy (non-hydrogen) atoms. The van der Waals surface area contributed by atoms with Crippen LogP contribution in [0.3, 0.4) is 0 Å². The first-order chi connectivity index (χ1) is 6.88. The van der Waals surface area contributed by atoms with Crippen molar-refractivity contribution in [3.63, 3.8) is 0 Å². The van der Waals surface area contributed by atoms with Crippen LogP contribution < -0.4 is 0 Å². The molecule has 0 aromatic heterocycles. The van der Waals surface area contributed by atoms with E-state index < -0.39 is 0 Å². The zero-order valence-electron chi connectivity index (χ0n) is 9.37. The van der Waals surface area contributed by atoms with Crippen LogP contribution in [0.15, 0.2) is 12.2 Å². The normalized spacial score (nSPS) is 17.1. The number of hydrogen-bond acceptors (Lipinski definition) is 2. The molecule has 0 heterocycles. The highest BCUT2D eigenvalue weighted by Crippen LogP contribution is 2.26. The van der Waals surface area contributed by atoms with Gasteiger partial charge < -0.3 is 9.47 Å². The third-order valence-corrected chi connectivity index (χ3v) is 2.78. The van der Waals surface area contributed by atoms with Crippen molar-refractivity contribution in [2.75, 3.05) is 26.4 Å². The second-order valence-electron chi connectivity index (χ2n) is 3.78. The average Bonchev–Trinajstić information content (AvgIpc) is 2.71. The van der Waals surface area contributed by atoms with E-state index in [1.165, 1.54) is 12.8 Å². The zero-order chi connectivity index (χ0) is 10.2. The Morgan fingerprint density at radius 3 is 2.00 bits per heavy atom. The summed E-state index contributed by atoms with van der Waals surface area (Å²) < 4.78 is 11.0. The molecular formula is C12H22O2. The number of rotatable bonds is 7. The summed E-state index contributed by atoms with van der Waals surface area (Å²) in [7, 11) is 0. The molecule has 0 atom stereocenters. The summed E-state index contributed by atoms with van der Waals surface area (Å²) in [6.45, 7) is 7.41. The maximum atomic E-state index is 5.50. The van der Waals surface area contributed by atoms with Crippen LogP contribution in [0.4, 0.5) is 0 Å². The van der Waals surface area contributed by atoms with Gasteiger partial charge in [-0.2, -0.15) is 0 Å². The third kappa shape index (κ3) is 3.81. The van der Waals surface area contributed by atoms with Crippen molar-refractivity contribution in [2.24, 2.45) is 11.8 Å². The lowest BCUT2D eigenvalue weighted by atomic mass is 9.91. The van der Waals surface area contributed by atoms with Gasteiger partial charge in [-0.3, -0.25) is 0 Å². The van der Waals surface area contributed by atoms with Crippen LogP contribution in [0.1, 0.15) is 26.7 Å². The van der Waals surface area contributed by atoms with Crippen molar-refractivity contribution < 1.29 is 9.47 Å². The molecule has 0 fully saturated rings. The van der Waals surface area contributed by atoms with E-state index in [-0.39, 0.29) is 0 Å². The van der Waals surface area contributed by atoms with Crippen LogP contribution in [-0.4, -0.2) is 26.4 Å². The van der Waals surface area contributed by atoms with Crippen LogP contribution in [-0.2, 0) is 9.47 Å². The van der Waals surface area contributed by atoms with E-state index >= 15 is 0 Å². The second-order valence-corrected chi connectivity index (χ2v) is 3.78. The highest BCUT2D eigenvalue weighted by Gasteiger charge is 2.22. The fourth-order valence-corrected chi connectivity index (χ4v) is 1.88. The standard InChI is InChI=1S/C12H22O2/c1-3-13-9-12(10-14-4-2)11-7-5-6-8-11/h5-6,11-12H,3-4,7-10H2,1-2H3. The van der Waals surface area contributed by atoms with Gasteiger partial charge in [0.2, 0.25) is 0 Å². The minimum Gasteiger partial charge on any atom is -0.381 e. The van der Waals surface area contributed by atoms with Crippen LogP contribution in [0, 0.1) is 11.8 Å². The molecular weight excluding hydrogens is 176 g/mol. The van der Waals surface area contributed by atoms with Crippen molar-refractivity contribution >= 4 is 0 Å². The van der Waals surface area contributed by atoms with Gasteiger partial charge in [-0.15, -0.1) is 0 Å². The quantitative estimate of drug-likeness (QED) is 0.585. The van der Waals surface area contributed by atoms with Crippen molar-refractivity contribution in [1.29, 1.82) is 0 Å². The average molecular weight is 198 g/mol. The molecule has 82 valence electrons. The molecule has 1 rings (SSSR count). The molecule has 0 aromatic carbocycles. The Labute approximate surface area is 87.3 Å². The zero-order valence-corrected chi connectivity index (χ0v) is 9.37. The Morgan fingerprint density at radius 1 is 1.07 bits per heavy atom. The first kappa shape index (κ1) is 11.7. The van der Waals surface area contributed by atoms with Crippen LogP contribution in [0.2, 0.25) is 0 Å². The summed E-state index contributed by atoms with van der Waals surface area (Å²) >= 11 is 0. The molecule has 2 nitrogen and oxygen atoms in total. The van der Waals surface area contributed by atoms with E-state index in [1.54, 1.807) is 0 Å². The summed E-state index contributed by atoms with van der Waals surface area (Å²) in [5, 5.41) is 0. The van der Waals surface area contributed by atoms with Crippen molar-refractivity contribution in [3.8, 4) is 0 Å². The molecule has 0 spiro atoms. The topological polar surface area (TPSA) is 18.5 Å². The van der Waals surface area contributed by atoms with Gasteiger partial charge in [-0.05, 0) is 32.6 Å². The monoisotopic (exact) mass is 198 g/mol.